The number of benzene rings is 1. The summed E-state index contributed by atoms with van der Waals surface area (Å²) in [6.45, 7) is 3.75. The average Bonchev–Trinajstić information content (AvgIpc) is 2.85. The zero-order valence-corrected chi connectivity index (χ0v) is 14.3. The summed E-state index contributed by atoms with van der Waals surface area (Å²) in [7, 11) is 4.05. The molecule has 0 aliphatic heterocycles. The zero-order valence-electron chi connectivity index (χ0n) is 12.8. The third kappa shape index (κ3) is 3.93. The van der Waals surface area contributed by atoms with Gasteiger partial charge in [-0.15, -0.1) is 0 Å². The summed E-state index contributed by atoms with van der Waals surface area (Å²) in [5.74, 6) is 0. The third-order valence-electron chi connectivity index (χ3n) is 3.55. The van der Waals surface area contributed by atoms with E-state index in [1.165, 1.54) is 5.56 Å². The molecule has 2 rings (SSSR count). The number of aryl methyl sites for hydroxylation is 1. The number of halogens is 1. The van der Waals surface area contributed by atoms with Gasteiger partial charge in [0.05, 0.1) is 22.9 Å². The normalized spacial score (nSPS) is 12.9. The second kappa shape index (κ2) is 7.20. The first-order chi connectivity index (χ1) is 10.0. The molecule has 0 aliphatic carbocycles. The minimum absolute atomic E-state index is 0.671. The van der Waals surface area contributed by atoms with E-state index in [2.05, 4.69) is 45.0 Å². The van der Waals surface area contributed by atoms with Crippen molar-refractivity contribution in [1.82, 2.24) is 14.7 Å². The Labute approximate surface area is 134 Å². The first kappa shape index (κ1) is 16.2. The first-order valence-electron chi connectivity index (χ1n) is 7.15. The molecule has 2 aromatic rings. The summed E-state index contributed by atoms with van der Waals surface area (Å²) in [5.41, 5.74) is 2.96. The van der Waals surface area contributed by atoms with Gasteiger partial charge in [0.2, 0.25) is 0 Å². The fraction of sp³-hybridized carbons (Fsp3) is 0.438. The molecule has 1 heterocycles. The molecule has 0 spiro atoms. The highest BCUT2D eigenvalue weighted by Crippen LogP contribution is 2.28. The number of aromatic nitrogens is 2. The largest absolute Gasteiger partial charge is 0.382 e. The lowest BCUT2D eigenvalue weighted by Gasteiger charge is -2.16. The molecule has 1 aromatic heterocycles. The highest BCUT2D eigenvalue weighted by Gasteiger charge is 2.19. The van der Waals surface area contributed by atoms with Crippen molar-refractivity contribution in [3.63, 3.8) is 0 Å². The van der Waals surface area contributed by atoms with Gasteiger partial charge in [-0.3, -0.25) is 4.68 Å². The Balaban J connectivity index is 2.24. The van der Waals surface area contributed by atoms with Crippen molar-refractivity contribution in [3.05, 3.63) is 51.8 Å². The smallest absolute Gasteiger partial charge is 0.122 e. The van der Waals surface area contributed by atoms with Crippen LogP contribution >= 0.6 is 15.9 Å². The quantitative estimate of drug-likeness (QED) is 0.869. The lowest BCUT2D eigenvalue weighted by Crippen LogP contribution is -2.21. The maximum absolute atomic E-state index is 10.7. The molecule has 1 unspecified atom stereocenters. The van der Waals surface area contributed by atoms with Gasteiger partial charge in [0.25, 0.3) is 0 Å². The fourth-order valence-electron chi connectivity index (χ4n) is 2.21. The van der Waals surface area contributed by atoms with Crippen LogP contribution in [0.1, 0.15) is 29.8 Å². The summed E-state index contributed by atoms with van der Waals surface area (Å²) < 4.78 is 2.70. The molecule has 0 saturated carbocycles. The Morgan fingerprint density at radius 2 is 1.95 bits per heavy atom. The van der Waals surface area contributed by atoms with E-state index in [1.807, 2.05) is 30.9 Å². The summed E-state index contributed by atoms with van der Waals surface area (Å²) in [5, 5.41) is 15.0. The number of likely N-dealkylation sites (N-methyl/N-ethyl adjacent to an activating group) is 1. The van der Waals surface area contributed by atoms with Crippen molar-refractivity contribution >= 4 is 15.9 Å². The lowest BCUT2D eigenvalue weighted by molar-refractivity contribution is 0.205. The van der Waals surface area contributed by atoms with Crippen LogP contribution in [0.2, 0.25) is 0 Å². The Bertz CT molecular complexity index is 578. The van der Waals surface area contributed by atoms with Crippen LogP contribution in [-0.4, -0.2) is 40.4 Å². The topological polar surface area (TPSA) is 41.3 Å². The van der Waals surface area contributed by atoms with Gasteiger partial charge in [-0.25, -0.2) is 0 Å². The van der Waals surface area contributed by atoms with Crippen molar-refractivity contribution in [2.45, 2.75) is 26.0 Å². The monoisotopic (exact) mass is 351 g/mol. The number of aliphatic hydroxyl groups excluding tert-OH is 1. The number of hydrogen-bond donors (Lipinski definition) is 1. The van der Waals surface area contributed by atoms with Gasteiger partial charge in [-0.2, -0.15) is 5.10 Å². The second-order valence-electron chi connectivity index (χ2n) is 5.40. The van der Waals surface area contributed by atoms with Crippen LogP contribution in [0.4, 0.5) is 0 Å². The highest BCUT2D eigenvalue weighted by molar-refractivity contribution is 9.10. The molecule has 1 atom stereocenters. The Hall–Kier alpha value is -1.17. The van der Waals surface area contributed by atoms with E-state index in [0.717, 1.165) is 35.2 Å². The maximum Gasteiger partial charge on any atom is 0.122 e. The van der Waals surface area contributed by atoms with E-state index in [-0.39, 0.29) is 0 Å². The minimum atomic E-state index is -0.671. The standard InChI is InChI=1S/C16H22BrN3O/c1-4-12-5-7-13(8-6-12)16(21)15-14(17)11-18-20(15)10-9-19(2)3/h5-8,11,16,21H,4,9-10H2,1-3H3. The van der Waals surface area contributed by atoms with Crippen LogP contribution in [0.15, 0.2) is 34.9 Å². The van der Waals surface area contributed by atoms with Crippen LogP contribution < -0.4 is 0 Å². The molecule has 0 fully saturated rings. The number of rotatable bonds is 6. The van der Waals surface area contributed by atoms with E-state index < -0.39 is 6.10 Å². The van der Waals surface area contributed by atoms with Crippen molar-refractivity contribution in [2.24, 2.45) is 0 Å². The van der Waals surface area contributed by atoms with Crippen LogP contribution in [0.25, 0.3) is 0 Å². The van der Waals surface area contributed by atoms with E-state index in [9.17, 15) is 5.11 Å². The molecule has 0 aliphatic rings. The van der Waals surface area contributed by atoms with Crippen LogP contribution in [0.5, 0.6) is 0 Å². The van der Waals surface area contributed by atoms with Gasteiger partial charge in [0.15, 0.2) is 0 Å². The summed E-state index contributed by atoms with van der Waals surface area (Å²) in [6.07, 6.45) is 2.07. The lowest BCUT2D eigenvalue weighted by atomic mass is 10.0. The molecule has 1 aromatic carbocycles. The molecule has 21 heavy (non-hydrogen) atoms. The predicted octanol–water partition coefficient (Wildman–Crippen LogP) is 2.85. The van der Waals surface area contributed by atoms with Gasteiger partial charge in [-0.05, 0) is 47.6 Å². The van der Waals surface area contributed by atoms with Crippen molar-refractivity contribution < 1.29 is 5.11 Å². The fourth-order valence-corrected chi connectivity index (χ4v) is 2.72. The second-order valence-corrected chi connectivity index (χ2v) is 6.26. The van der Waals surface area contributed by atoms with E-state index in [1.54, 1.807) is 6.20 Å². The predicted molar refractivity (Wildman–Crippen MR) is 88.4 cm³/mol. The zero-order chi connectivity index (χ0) is 15.4. The Morgan fingerprint density at radius 1 is 1.29 bits per heavy atom. The SMILES string of the molecule is CCc1ccc(C(O)c2c(Br)cnn2CCN(C)C)cc1. The molecular formula is C16H22BrN3O. The molecule has 0 saturated heterocycles. The van der Waals surface area contributed by atoms with Gasteiger partial charge in [0.1, 0.15) is 6.10 Å². The van der Waals surface area contributed by atoms with Gasteiger partial charge >= 0.3 is 0 Å². The van der Waals surface area contributed by atoms with Crippen LogP contribution in [0, 0.1) is 0 Å². The van der Waals surface area contributed by atoms with Gasteiger partial charge < -0.3 is 10.0 Å². The van der Waals surface area contributed by atoms with E-state index >= 15 is 0 Å². The molecule has 5 heteroatoms. The summed E-state index contributed by atoms with van der Waals surface area (Å²) >= 11 is 3.49. The van der Waals surface area contributed by atoms with Gasteiger partial charge in [-0.1, -0.05) is 31.2 Å². The average molecular weight is 352 g/mol. The molecular weight excluding hydrogens is 330 g/mol. The molecule has 1 N–H and O–H groups in total. The molecule has 0 amide bonds. The number of nitrogens with zero attached hydrogens (tertiary/aromatic N) is 3. The first-order valence-corrected chi connectivity index (χ1v) is 7.95. The van der Waals surface area contributed by atoms with Gasteiger partial charge in [0, 0.05) is 6.54 Å². The van der Waals surface area contributed by atoms with Crippen LogP contribution in [0.3, 0.4) is 0 Å². The Morgan fingerprint density at radius 3 is 2.52 bits per heavy atom. The van der Waals surface area contributed by atoms with E-state index in [0.29, 0.717) is 0 Å². The molecule has 0 bridgehead atoms. The van der Waals surface area contributed by atoms with Crippen LogP contribution in [-0.2, 0) is 13.0 Å². The summed E-state index contributed by atoms with van der Waals surface area (Å²) in [4.78, 5) is 2.10. The van der Waals surface area contributed by atoms with Crippen molar-refractivity contribution in [3.8, 4) is 0 Å². The molecule has 0 radical (unpaired) electrons. The van der Waals surface area contributed by atoms with Crippen molar-refractivity contribution in [2.75, 3.05) is 20.6 Å². The highest BCUT2D eigenvalue weighted by atomic mass is 79.9. The Kier molecular flexibility index (Phi) is 5.56. The molecule has 114 valence electrons. The van der Waals surface area contributed by atoms with Crippen molar-refractivity contribution in [1.29, 1.82) is 0 Å². The molecule has 4 nitrogen and oxygen atoms in total. The third-order valence-corrected chi connectivity index (χ3v) is 4.17. The van der Waals surface area contributed by atoms with E-state index in [4.69, 9.17) is 0 Å². The maximum atomic E-state index is 10.7. The number of aliphatic hydroxyl groups is 1. The number of hydrogen-bond acceptors (Lipinski definition) is 3. The minimum Gasteiger partial charge on any atom is -0.382 e. The summed E-state index contributed by atoms with van der Waals surface area (Å²) in [6, 6.07) is 8.10.